The number of hydrogen-bond donors (Lipinski definition) is 1. The van der Waals surface area contributed by atoms with Crippen LogP contribution in [0, 0.1) is 0 Å². The van der Waals surface area contributed by atoms with Crippen molar-refractivity contribution in [1.82, 2.24) is 4.90 Å². The fourth-order valence-corrected chi connectivity index (χ4v) is 3.99. The summed E-state index contributed by atoms with van der Waals surface area (Å²) < 4.78 is 10.5. The van der Waals surface area contributed by atoms with Gasteiger partial charge in [0, 0.05) is 18.0 Å². The number of nitrogens with zero attached hydrogens (tertiary/aromatic N) is 1. The van der Waals surface area contributed by atoms with E-state index in [1.165, 1.54) is 11.3 Å². The number of morpholine rings is 1. The summed E-state index contributed by atoms with van der Waals surface area (Å²) in [7, 11) is 0. The molecule has 1 unspecified atom stereocenters. The summed E-state index contributed by atoms with van der Waals surface area (Å²) in [5.41, 5.74) is 1.39. The smallest absolute Gasteiger partial charge is 0.341 e. The van der Waals surface area contributed by atoms with Crippen LogP contribution in [-0.2, 0) is 14.3 Å². The van der Waals surface area contributed by atoms with Crippen LogP contribution in [0.2, 0.25) is 0 Å². The highest BCUT2D eigenvalue weighted by molar-refractivity contribution is 7.20. The number of anilines is 1. The molecule has 1 amide bonds. The van der Waals surface area contributed by atoms with E-state index in [4.69, 9.17) is 9.47 Å². The predicted molar refractivity (Wildman–Crippen MR) is 106 cm³/mol. The van der Waals surface area contributed by atoms with Crippen molar-refractivity contribution in [2.24, 2.45) is 0 Å². The molecule has 1 aliphatic rings. The highest BCUT2D eigenvalue weighted by Crippen LogP contribution is 2.36. The molecule has 1 aromatic heterocycles. The van der Waals surface area contributed by atoms with E-state index in [0.29, 0.717) is 23.8 Å². The number of esters is 1. The summed E-state index contributed by atoms with van der Waals surface area (Å²) in [6.45, 7) is 6.62. The molecule has 0 radical (unpaired) electrons. The number of rotatable bonds is 6. The molecule has 6 nitrogen and oxygen atoms in total. The lowest BCUT2D eigenvalue weighted by Gasteiger charge is -2.31. The molecule has 7 heteroatoms. The number of hydrogen-bond acceptors (Lipinski definition) is 6. The average Bonchev–Trinajstić information content (AvgIpc) is 3.13. The van der Waals surface area contributed by atoms with Crippen molar-refractivity contribution in [1.29, 1.82) is 0 Å². The van der Waals surface area contributed by atoms with Gasteiger partial charge < -0.3 is 14.8 Å². The second kappa shape index (κ2) is 9.12. The van der Waals surface area contributed by atoms with Gasteiger partial charge >= 0.3 is 5.97 Å². The maximum atomic E-state index is 12.8. The van der Waals surface area contributed by atoms with Crippen molar-refractivity contribution in [2.75, 3.05) is 38.2 Å². The van der Waals surface area contributed by atoms with Crippen LogP contribution < -0.4 is 5.32 Å². The van der Waals surface area contributed by atoms with Crippen molar-refractivity contribution >= 4 is 28.2 Å². The molecule has 0 saturated carbocycles. The zero-order valence-electron chi connectivity index (χ0n) is 15.6. The number of thiophene rings is 1. The second-order valence-electron chi connectivity index (χ2n) is 6.25. The molecule has 0 bridgehead atoms. The Morgan fingerprint density at radius 3 is 2.63 bits per heavy atom. The van der Waals surface area contributed by atoms with E-state index in [1.54, 1.807) is 13.0 Å². The Kier molecular flexibility index (Phi) is 6.60. The highest BCUT2D eigenvalue weighted by atomic mass is 32.1. The summed E-state index contributed by atoms with van der Waals surface area (Å²) in [6.07, 6.45) is 0. The SMILES string of the molecule is CCOC(=O)c1cc(-c2ccccc2)sc1NC(=O)C(C)N1CCOCC1. The first-order chi connectivity index (χ1) is 13.1. The first kappa shape index (κ1) is 19.5. The molecule has 144 valence electrons. The lowest BCUT2D eigenvalue weighted by atomic mass is 10.1. The number of amides is 1. The van der Waals surface area contributed by atoms with E-state index in [9.17, 15) is 9.59 Å². The molecular formula is C20H24N2O4S. The summed E-state index contributed by atoms with van der Waals surface area (Å²) in [6, 6.07) is 11.3. The average molecular weight is 388 g/mol. The molecular weight excluding hydrogens is 364 g/mol. The Morgan fingerprint density at radius 1 is 1.26 bits per heavy atom. The normalized spacial score (nSPS) is 15.9. The van der Waals surface area contributed by atoms with Crippen molar-refractivity contribution in [3.8, 4) is 10.4 Å². The van der Waals surface area contributed by atoms with Crippen LogP contribution in [0.4, 0.5) is 5.00 Å². The lowest BCUT2D eigenvalue weighted by Crippen LogP contribution is -2.47. The number of benzene rings is 1. The minimum atomic E-state index is -0.426. The Morgan fingerprint density at radius 2 is 1.96 bits per heavy atom. The van der Waals surface area contributed by atoms with Crippen LogP contribution in [0.1, 0.15) is 24.2 Å². The van der Waals surface area contributed by atoms with Crippen molar-refractivity contribution in [2.45, 2.75) is 19.9 Å². The van der Waals surface area contributed by atoms with Gasteiger partial charge in [-0.25, -0.2) is 4.79 Å². The van der Waals surface area contributed by atoms with Gasteiger partial charge in [-0.2, -0.15) is 0 Å². The van der Waals surface area contributed by atoms with Crippen LogP contribution in [0.25, 0.3) is 10.4 Å². The Balaban J connectivity index is 1.82. The topological polar surface area (TPSA) is 67.9 Å². The second-order valence-corrected chi connectivity index (χ2v) is 7.31. The fourth-order valence-electron chi connectivity index (χ4n) is 2.94. The van der Waals surface area contributed by atoms with E-state index < -0.39 is 5.97 Å². The zero-order valence-corrected chi connectivity index (χ0v) is 16.4. The molecule has 0 spiro atoms. The van der Waals surface area contributed by atoms with E-state index >= 15 is 0 Å². The number of ether oxygens (including phenoxy) is 2. The van der Waals surface area contributed by atoms with Gasteiger partial charge in [0.1, 0.15) is 5.00 Å². The monoisotopic (exact) mass is 388 g/mol. The first-order valence-electron chi connectivity index (χ1n) is 9.09. The Labute approximate surface area is 163 Å². The molecule has 27 heavy (non-hydrogen) atoms. The van der Waals surface area contributed by atoms with Gasteiger partial charge in [0.25, 0.3) is 0 Å². The van der Waals surface area contributed by atoms with Gasteiger partial charge in [-0.15, -0.1) is 11.3 Å². The zero-order chi connectivity index (χ0) is 19.2. The Hall–Kier alpha value is -2.22. The van der Waals surface area contributed by atoms with E-state index in [-0.39, 0.29) is 18.6 Å². The maximum Gasteiger partial charge on any atom is 0.341 e. The summed E-state index contributed by atoms with van der Waals surface area (Å²) in [5.74, 6) is -0.561. The fraction of sp³-hybridized carbons (Fsp3) is 0.400. The van der Waals surface area contributed by atoms with Crippen molar-refractivity contribution < 1.29 is 19.1 Å². The quantitative estimate of drug-likeness (QED) is 0.770. The van der Waals surface area contributed by atoms with Gasteiger partial charge in [-0.1, -0.05) is 30.3 Å². The van der Waals surface area contributed by atoms with Crippen molar-refractivity contribution in [3.05, 3.63) is 42.0 Å². The molecule has 1 aliphatic heterocycles. The first-order valence-corrected chi connectivity index (χ1v) is 9.90. The van der Waals surface area contributed by atoms with E-state index in [2.05, 4.69) is 10.2 Å². The number of carbonyl (C=O) groups is 2. The third-order valence-electron chi connectivity index (χ3n) is 4.50. The standard InChI is InChI=1S/C20H24N2O4S/c1-3-26-20(24)16-13-17(15-7-5-4-6-8-15)27-19(16)21-18(23)14(2)22-9-11-25-12-10-22/h4-8,13-14H,3,9-12H2,1-2H3,(H,21,23). The van der Waals surface area contributed by atoms with Gasteiger partial charge in [0.15, 0.2) is 0 Å². The summed E-state index contributed by atoms with van der Waals surface area (Å²) in [5, 5.41) is 3.46. The third-order valence-corrected chi connectivity index (χ3v) is 5.59. The molecule has 2 heterocycles. The van der Waals surface area contributed by atoms with Crippen LogP contribution >= 0.6 is 11.3 Å². The summed E-state index contributed by atoms with van der Waals surface area (Å²) >= 11 is 1.38. The molecule has 0 aliphatic carbocycles. The van der Waals surface area contributed by atoms with Gasteiger partial charge in [-0.3, -0.25) is 9.69 Å². The van der Waals surface area contributed by atoms with Crippen LogP contribution in [-0.4, -0.2) is 55.7 Å². The maximum absolute atomic E-state index is 12.8. The van der Waals surface area contributed by atoms with Crippen LogP contribution in [0.3, 0.4) is 0 Å². The largest absolute Gasteiger partial charge is 0.462 e. The highest BCUT2D eigenvalue weighted by Gasteiger charge is 2.26. The van der Waals surface area contributed by atoms with Gasteiger partial charge in [-0.05, 0) is 25.5 Å². The number of nitrogens with one attached hydrogen (secondary N) is 1. The van der Waals surface area contributed by atoms with Crippen LogP contribution in [0.5, 0.6) is 0 Å². The minimum Gasteiger partial charge on any atom is -0.462 e. The molecule has 2 aromatic rings. The molecule has 3 rings (SSSR count). The minimum absolute atomic E-state index is 0.135. The molecule has 1 saturated heterocycles. The van der Waals surface area contributed by atoms with E-state index in [1.807, 2.05) is 37.3 Å². The Bertz CT molecular complexity index is 785. The predicted octanol–water partition coefficient (Wildman–Crippen LogP) is 3.25. The van der Waals surface area contributed by atoms with Gasteiger partial charge in [0.05, 0.1) is 31.4 Å². The van der Waals surface area contributed by atoms with Crippen molar-refractivity contribution in [3.63, 3.8) is 0 Å². The lowest BCUT2D eigenvalue weighted by molar-refractivity contribution is -0.122. The summed E-state index contributed by atoms with van der Waals surface area (Å²) in [4.78, 5) is 28.1. The number of carbonyl (C=O) groups excluding carboxylic acids is 2. The third kappa shape index (κ3) is 4.74. The molecule has 1 N–H and O–H groups in total. The molecule has 1 fully saturated rings. The van der Waals surface area contributed by atoms with Gasteiger partial charge in [0.2, 0.25) is 5.91 Å². The molecule has 1 atom stereocenters. The molecule has 1 aromatic carbocycles. The van der Waals surface area contributed by atoms with E-state index in [0.717, 1.165) is 23.5 Å². The van der Waals surface area contributed by atoms with Crippen LogP contribution in [0.15, 0.2) is 36.4 Å².